The second kappa shape index (κ2) is 4.87. The van der Waals surface area contributed by atoms with E-state index in [-0.39, 0.29) is 5.41 Å². The fourth-order valence-corrected chi connectivity index (χ4v) is 6.04. The quantitative estimate of drug-likeness (QED) is 0.792. The van der Waals surface area contributed by atoms with Crippen molar-refractivity contribution >= 4 is 26.6 Å². The predicted molar refractivity (Wildman–Crippen MR) is 84.5 cm³/mol. The summed E-state index contributed by atoms with van der Waals surface area (Å²) in [5.41, 5.74) is 0.773. The molecule has 0 saturated carbocycles. The summed E-state index contributed by atoms with van der Waals surface area (Å²) in [5, 5.41) is 0.933. The zero-order chi connectivity index (χ0) is 15.2. The largest absolute Gasteiger partial charge is 0.355 e. The monoisotopic (exact) mass is 318 g/mol. The summed E-state index contributed by atoms with van der Waals surface area (Å²) in [5.74, 6) is 1.52. The van der Waals surface area contributed by atoms with Crippen LogP contribution in [0.3, 0.4) is 0 Å². The van der Waals surface area contributed by atoms with Crippen LogP contribution in [0.25, 0.3) is 10.9 Å². The number of fused-ring (bicyclic) bond motifs is 1. The van der Waals surface area contributed by atoms with Crippen molar-refractivity contribution in [2.75, 3.05) is 29.5 Å². The molecule has 116 valence electrons. The van der Waals surface area contributed by atoms with E-state index >= 15 is 0 Å². The Hall–Kier alpha value is -1.76. The van der Waals surface area contributed by atoms with Gasteiger partial charge in [-0.2, -0.15) is 0 Å². The molecule has 7 heteroatoms. The summed E-state index contributed by atoms with van der Waals surface area (Å²) in [7, 11) is -2.87. The van der Waals surface area contributed by atoms with Crippen LogP contribution in [-0.4, -0.2) is 48.0 Å². The molecule has 4 rings (SSSR count). The number of pyridine rings is 1. The maximum absolute atomic E-state index is 11.9. The average Bonchev–Trinajstić information content (AvgIpc) is 2.81. The van der Waals surface area contributed by atoms with Crippen molar-refractivity contribution in [3.05, 3.63) is 24.8 Å². The molecule has 2 aromatic heterocycles. The Labute approximate surface area is 129 Å². The molecule has 0 bridgehead atoms. The van der Waals surface area contributed by atoms with Gasteiger partial charge in [0.2, 0.25) is 0 Å². The number of sulfone groups is 1. The second-order valence-corrected chi connectivity index (χ2v) is 8.64. The summed E-state index contributed by atoms with van der Waals surface area (Å²) in [6.07, 6.45) is 7.85. The van der Waals surface area contributed by atoms with Gasteiger partial charge >= 0.3 is 0 Å². The molecule has 6 nitrogen and oxygen atoms in total. The summed E-state index contributed by atoms with van der Waals surface area (Å²) >= 11 is 0. The van der Waals surface area contributed by atoms with Crippen LogP contribution < -0.4 is 4.90 Å². The first-order chi connectivity index (χ1) is 10.6. The van der Waals surface area contributed by atoms with Crippen molar-refractivity contribution in [3.8, 4) is 0 Å². The van der Waals surface area contributed by atoms with E-state index in [0.29, 0.717) is 11.5 Å². The first-order valence-electron chi connectivity index (χ1n) is 7.57. The van der Waals surface area contributed by atoms with Crippen LogP contribution in [0.1, 0.15) is 19.3 Å². The Morgan fingerprint density at radius 1 is 1.23 bits per heavy atom. The van der Waals surface area contributed by atoms with E-state index in [9.17, 15) is 8.42 Å². The van der Waals surface area contributed by atoms with Crippen LogP contribution in [0.4, 0.5) is 5.82 Å². The third kappa shape index (κ3) is 2.33. The number of hydrogen-bond acceptors (Lipinski definition) is 6. The molecule has 22 heavy (non-hydrogen) atoms. The van der Waals surface area contributed by atoms with Gasteiger partial charge in [0.25, 0.3) is 0 Å². The van der Waals surface area contributed by atoms with Gasteiger partial charge in [-0.1, -0.05) is 0 Å². The number of anilines is 1. The van der Waals surface area contributed by atoms with Gasteiger partial charge in [0.1, 0.15) is 12.1 Å². The average molecular weight is 318 g/mol. The smallest absolute Gasteiger partial charge is 0.150 e. The van der Waals surface area contributed by atoms with Gasteiger partial charge < -0.3 is 4.90 Å². The first kappa shape index (κ1) is 13.9. The van der Waals surface area contributed by atoms with E-state index in [4.69, 9.17) is 0 Å². The van der Waals surface area contributed by atoms with E-state index in [1.165, 1.54) is 6.33 Å². The fraction of sp³-hybridized carbons (Fsp3) is 0.533. The molecule has 4 heterocycles. The molecular weight excluding hydrogens is 300 g/mol. The maximum Gasteiger partial charge on any atom is 0.150 e. The minimum absolute atomic E-state index is 0.101. The van der Waals surface area contributed by atoms with Gasteiger partial charge in [-0.05, 0) is 25.3 Å². The molecule has 0 aliphatic carbocycles. The van der Waals surface area contributed by atoms with E-state index in [2.05, 4.69) is 19.9 Å². The van der Waals surface area contributed by atoms with Gasteiger partial charge in [-0.25, -0.2) is 23.4 Å². The first-order valence-corrected chi connectivity index (χ1v) is 9.39. The third-order valence-electron chi connectivity index (χ3n) is 4.84. The van der Waals surface area contributed by atoms with Crippen molar-refractivity contribution in [1.29, 1.82) is 0 Å². The summed E-state index contributed by atoms with van der Waals surface area (Å²) in [4.78, 5) is 15.1. The second-order valence-electron chi connectivity index (χ2n) is 6.46. The highest BCUT2D eigenvalue weighted by Crippen LogP contribution is 2.41. The normalized spacial score (nSPS) is 27.5. The molecule has 0 N–H and O–H groups in total. The standard InChI is InChI=1S/C15H18N4O2S/c20-22(21)7-4-15(10-22)3-1-6-19(9-15)14-12-8-16-11-18-13(12)2-5-17-14/h2,5,8,11H,1,3-4,6-7,9-10H2. The molecule has 2 aliphatic rings. The van der Waals surface area contributed by atoms with E-state index < -0.39 is 9.84 Å². The molecule has 1 spiro atoms. The Morgan fingerprint density at radius 3 is 2.95 bits per heavy atom. The van der Waals surface area contributed by atoms with Gasteiger partial charge in [-0.15, -0.1) is 0 Å². The Morgan fingerprint density at radius 2 is 2.14 bits per heavy atom. The number of rotatable bonds is 1. The van der Waals surface area contributed by atoms with E-state index in [1.807, 2.05) is 6.07 Å². The zero-order valence-corrected chi connectivity index (χ0v) is 13.1. The van der Waals surface area contributed by atoms with Crippen LogP contribution in [0.2, 0.25) is 0 Å². The van der Waals surface area contributed by atoms with Crippen molar-refractivity contribution in [1.82, 2.24) is 15.0 Å². The molecule has 0 radical (unpaired) electrons. The fourth-order valence-electron chi connectivity index (χ4n) is 3.84. The summed E-state index contributed by atoms with van der Waals surface area (Å²) in [6.45, 7) is 1.66. The molecule has 2 saturated heterocycles. The van der Waals surface area contributed by atoms with Crippen LogP contribution in [-0.2, 0) is 9.84 Å². The number of nitrogens with zero attached hydrogens (tertiary/aromatic N) is 4. The number of hydrogen-bond donors (Lipinski definition) is 0. The Kier molecular flexibility index (Phi) is 3.07. The molecule has 0 amide bonds. The maximum atomic E-state index is 11.9. The molecule has 2 aromatic rings. The lowest BCUT2D eigenvalue weighted by molar-refractivity contribution is 0.269. The zero-order valence-electron chi connectivity index (χ0n) is 12.3. The molecule has 2 aliphatic heterocycles. The lowest BCUT2D eigenvalue weighted by Crippen LogP contribution is -2.44. The SMILES string of the molecule is O=S1(=O)CCC2(CCCN(c3nccc4ncncc34)C2)C1. The van der Waals surface area contributed by atoms with Gasteiger partial charge in [0.15, 0.2) is 9.84 Å². The van der Waals surface area contributed by atoms with Crippen LogP contribution in [0, 0.1) is 5.41 Å². The topological polar surface area (TPSA) is 76.1 Å². The van der Waals surface area contributed by atoms with Crippen LogP contribution in [0.5, 0.6) is 0 Å². The lowest BCUT2D eigenvalue weighted by Gasteiger charge is -2.40. The highest BCUT2D eigenvalue weighted by atomic mass is 32.2. The van der Waals surface area contributed by atoms with E-state index in [1.54, 1.807) is 12.4 Å². The van der Waals surface area contributed by atoms with Crippen LogP contribution >= 0.6 is 0 Å². The summed E-state index contributed by atoms with van der Waals surface area (Å²) in [6, 6.07) is 1.88. The lowest BCUT2D eigenvalue weighted by atomic mass is 9.79. The van der Waals surface area contributed by atoms with Gasteiger partial charge in [-0.3, -0.25) is 0 Å². The summed E-state index contributed by atoms with van der Waals surface area (Å²) < 4.78 is 23.8. The highest BCUT2D eigenvalue weighted by molar-refractivity contribution is 7.91. The number of piperidine rings is 1. The highest BCUT2D eigenvalue weighted by Gasteiger charge is 2.45. The Balaban J connectivity index is 1.70. The van der Waals surface area contributed by atoms with Crippen molar-refractivity contribution < 1.29 is 8.42 Å². The predicted octanol–water partition coefficient (Wildman–Crippen LogP) is 1.43. The minimum Gasteiger partial charge on any atom is -0.355 e. The Bertz CT molecular complexity index is 818. The molecular formula is C15H18N4O2S. The van der Waals surface area contributed by atoms with E-state index in [0.717, 1.165) is 49.1 Å². The van der Waals surface area contributed by atoms with Gasteiger partial charge in [0, 0.05) is 30.9 Å². The molecule has 1 unspecified atom stereocenters. The third-order valence-corrected chi connectivity index (χ3v) is 6.72. The van der Waals surface area contributed by atoms with Gasteiger partial charge in [0.05, 0.1) is 22.4 Å². The van der Waals surface area contributed by atoms with Crippen molar-refractivity contribution in [2.24, 2.45) is 5.41 Å². The molecule has 1 atom stereocenters. The molecule has 0 aromatic carbocycles. The molecule has 2 fully saturated rings. The van der Waals surface area contributed by atoms with Crippen molar-refractivity contribution in [2.45, 2.75) is 19.3 Å². The van der Waals surface area contributed by atoms with Crippen LogP contribution in [0.15, 0.2) is 24.8 Å². The number of aromatic nitrogens is 3. The minimum atomic E-state index is -2.87. The van der Waals surface area contributed by atoms with Crippen molar-refractivity contribution in [3.63, 3.8) is 0 Å².